The number of amides is 1. The van der Waals surface area contributed by atoms with Gasteiger partial charge in [0.1, 0.15) is 5.69 Å². The first-order chi connectivity index (χ1) is 17.0. The van der Waals surface area contributed by atoms with Gasteiger partial charge >= 0.3 is 0 Å². The number of aromatic nitrogens is 3. The number of benzene rings is 1. The Labute approximate surface area is 206 Å². The summed E-state index contributed by atoms with van der Waals surface area (Å²) in [5, 5.41) is 13.4. The molecule has 1 aliphatic rings. The number of thiazole rings is 1. The normalized spacial score (nSPS) is 16.1. The first-order valence-electron chi connectivity index (χ1n) is 10.9. The second kappa shape index (κ2) is 9.84. The Morgan fingerprint density at radius 1 is 1.11 bits per heavy atom. The lowest BCUT2D eigenvalue weighted by molar-refractivity contribution is -0.120. The number of nitrogens with one attached hydrogen (secondary N) is 2. The molecule has 1 saturated heterocycles. The van der Waals surface area contributed by atoms with Crippen LogP contribution in [0.15, 0.2) is 75.7 Å². The largest absolute Gasteiger partial charge is 0.463 e. The molecule has 10 nitrogen and oxygen atoms in total. The van der Waals surface area contributed by atoms with Gasteiger partial charge in [0.05, 0.1) is 17.1 Å². The smallest absolute Gasteiger partial charge is 0.263 e. The van der Waals surface area contributed by atoms with Gasteiger partial charge in [-0.15, -0.1) is 21.5 Å². The van der Waals surface area contributed by atoms with Crippen molar-refractivity contribution in [2.45, 2.75) is 17.7 Å². The highest BCUT2D eigenvalue weighted by Crippen LogP contribution is 2.25. The molecule has 35 heavy (non-hydrogen) atoms. The van der Waals surface area contributed by atoms with Gasteiger partial charge in [0.25, 0.3) is 10.0 Å². The van der Waals surface area contributed by atoms with Crippen LogP contribution in [0, 0.1) is 5.92 Å². The molecule has 1 fully saturated rings. The minimum Gasteiger partial charge on any atom is -0.463 e. The van der Waals surface area contributed by atoms with E-state index >= 15 is 0 Å². The predicted molar refractivity (Wildman–Crippen MR) is 133 cm³/mol. The van der Waals surface area contributed by atoms with Crippen molar-refractivity contribution in [2.24, 2.45) is 5.92 Å². The highest BCUT2D eigenvalue weighted by atomic mass is 32.2. The van der Waals surface area contributed by atoms with Crippen molar-refractivity contribution >= 4 is 43.9 Å². The minimum absolute atomic E-state index is 0.0890. The number of carbonyl (C=O) groups is 1. The van der Waals surface area contributed by atoms with Crippen LogP contribution < -0.4 is 14.9 Å². The van der Waals surface area contributed by atoms with Gasteiger partial charge in [-0.25, -0.2) is 13.4 Å². The lowest BCUT2D eigenvalue weighted by atomic mass is 9.97. The van der Waals surface area contributed by atoms with Gasteiger partial charge in [0.15, 0.2) is 16.7 Å². The molecule has 4 heterocycles. The average molecular weight is 511 g/mol. The molecule has 180 valence electrons. The molecular formula is C23H22N6O4S2. The molecule has 1 atom stereocenters. The van der Waals surface area contributed by atoms with Gasteiger partial charge in [-0.2, -0.15) is 0 Å². The zero-order chi connectivity index (χ0) is 24.3. The quantitative estimate of drug-likeness (QED) is 0.383. The Kier molecular flexibility index (Phi) is 6.47. The van der Waals surface area contributed by atoms with Crippen molar-refractivity contribution in [3.8, 4) is 11.5 Å². The molecule has 4 aromatic rings. The Morgan fingerprint density at radius 3 is 2.66 bits per heavy atom. The maximum absolute atomic E-state index is 12.9. The number of nitrogens with zero attached hydrogens (tertiary/aromatic N) is 4. The molecule has 1 unspecified atom stereocenters. The summed E-state index contributed by atoms with van der Waals surface area (Å²) in [6.07, 6.45) is 4.71. The first-order valence-corrected chi connectivity index (χ1v) is 13.3. The third kappa shape index (κ3) is 5.33. The first kappa shape index (κ1) is 23.0. The number of sulfonamides is 1. The van der Waals surface area contributed by atoms with E-state index in [1.165, 1.54) is 29.7 Å². The van der Waals surface area contributed by atoms with Crippen LogP contribution in [0.25, 0.3) is 11.5 Å². The van der Waals surface area contributed by atoms with Crippen LogP contribution in [0.2, 0.25) is 0 Å². The van der Waals surface area contributed by atoms with Gasteiger partial charge in [0.2, 0.25) is 5.91 Å². The number of anilines is 3. The molecule has 1 amide bonds. The molecule has 0 radical (unpaired) electrons. The zero-order valence-corrected chi connectivity index (χ0v) is 20.1. The Bertz CT molecular complexity index is 1370. The van der Waals surface area contributed by atoms with E-state index in [2.05, 4.69) is 25.2 Å². The number of rotatable bonds is 7. The van der Waals surface area contributed by atoms with Crippen molar-refractivity contribution in [1.29, 1.82) is 0 Å². The summed E-state index contributed by atoms with van der Waals surface area (Å²) in [6, 6.07) is 13.4. The molecule has 0 aliphatic carbocycles. The van der Waals surface area contributed by atoms with Crippen LogP contribution in [0.5, 0.6) is 0 Å². The second-order valence-corrected chi connectivity index (χ2v) is 10.6. The van der Waals surface area contributed by atoms with Gasteiger partial charge in [0, 0.05) is 30.4 Å². The summed E-state index contributed by atoms with van der Waals surface area (Å²) in [5.41, 5.74) is 1.18. The summed E-state index contributed by atoms with van der Waals surface area (Å²) in [6.45, 7) is 1.31. The number of piperidine rings is 1. The van der Waals surface area contributed by atoms with Gasteiger partial charge in [-0.05, 0) is 61.4 Å². The highest BCUT2D eigenvalue weighted by molar-refractivity contribution is 7.93. The fraction of sp³-hybridized carbons (Fsp3) is 0.217. The van der Waals surface area contributed by atoms with Crippen LogP contribution in [0.4, 0.5) is 16.6 Å². The third-order valence-electron chi connectivity index (χ3n) is 5.63. The molecule has 3 aromatic heterocycles. The third-order valence-corrected chi connectivity index (χ3v) is 7.80. The van der Waals surface area contributed by atoms with Gasteiger partial charge in [-0.1, -0.05) is 0 Å². The van der Waals surface area contributed by atoms with Crippen molar-refractivity contribution in [3.05, 3.63) is 66.4 Å². The van der Waals surface area contributed by atoms with Crippen LogP contribution >= 0.6 is 11.3 Å². The van der Waals surface area contributed by atoms with E-state index in [0.717, 1.165) is 19.4 Å². The molecule has 0 saturated carbocycles. The van der Waals surface area contributed by atoms with Crippen molar-refractivity contribution in [3.63, 3.8) is 0 Å². The fourth-order valence-corrected chi connectivity index (χ4v) is 5.65. The number of carbonyl (C=O) groups excluding carboxylic acids is 1. The van der Waals surface area contributed by atoms with E-state index in [1.807, 2.05) is 23.1 Å². The highest BCUT2D eigenvalue weighted by Gasteiger charge is 2.27. The average Bonchev–Trinajstić information content (AvgIpc) is 3.59. The van der Waals surface area contributed by atoms with E-state index < -0.39 is 10.0 Å². The summed E-state index contributed by atoms with van der Waals surface area (Å²) in [5.74, 6) is 1.01. The lowest BCUT2D eigenvalue weighted by Gasteiger charge is -2.32. The number of hydrogen-bond donors (Lipinski definition) is 2. The van der Waals surface area contributed by atoms with Crippen molar-refractivity contribution in [2.75, 3.05) is 28.0 Å². The second-order valence-electron chi connectivity index (χ2n) is 8.00. The molecule has 1 aromatic carbocycles. The number of furan rings is 1. The monoisotopic (exact) mass is 510 g/mol. The van der Waals surface area contributed by atoms with Crippen molar-refractivity contribution < 1.29 is 17.6 Å². The van der Waals surface area contributed by atoms with E-state index in [4.69, 9.17) is 4.42 Å². The summed E-state index contributed by atoms with van der Waals surface area (Å²) >= 11 is 1.20. The van der Waals surface area contributed by atoms with Crippen molar-refractivity contribution in [1.82, 2.24) is 15.2 Å². The van der Waals surface area contributed by atoms with Crippen LogP contribution in [0.3, 0.4) is 0 Å². The zero-order valence-electron chi connectivity index (χ0n) is 18.5. The lowest BCUT2D eigenvalue weighted by Crippen LogP contribution is -2.41. The molecule has 5 rings (SSSR count). The van der Waals surface area contributed by atoms with E-state index in [9.17, 15) is 13.2 Å². The van der Waals surface area contributed by atoms with E-state index in [1.54, 1.807) is 29.8 Å². The molecule has 1 aliphatic heterocycles. The van der Waals surface area contributed by atoms with Crippen LogP contribution in [-0.2, 0) is 14.8 Å². The van der Waals surface area contributed by atoms with Gasteiger partial charge < -0.3 is 14.6 Å². The molecular weight excluding hydrogens is 488 g/mol. The van der Waals surface area contributed by atoms with E-state index in [0.29, 0.717) is 34.6 Å². The molecule has 12 heteroatoms. The Morgan fingerprint density at radius 2 is 1.97 bits per heavy atom. The van der Waals surface area contributed by atoms with E-state index in [-0.39, 0.29) is 16.7 Å². The van der Waals surface area contributed by atoms with Crippen LogP contribution in [-0.4, -0.2) is 42.6 Å². The fourth-order valence-electron chi connectivity index (χ4n) is 3.86. The molecule has 0 spiro atoms. The molecule has 0 bridgehead atoms. The Hall–Kier alpha value is -3.77. The maximum atomic E-state index is 12.9. The topological polar surface area (TPSA) is 130 Å². The minimum atomic E-state index is -3.74. The summed E-state index contributed by atoms with van der Waals surface area (Å²) in [7, 11) is -3.74. The maximum Gasteiger partial charge on any atom is 0.263 e. The predicted octanol–water partition coefficient (Wildman–Crippen LogP) is 3.85. The Balaban J connectivity index is 1.20. The summed E-state index contributed by atoms with van der Waals surface area (Å²) in [4.78, 5) is 19.0. The molecule has 2 N–H and O–H groups in total. The standard InChI is InChI=1S/C23H22N6O4S2/c30-22(25-17-5-7-18(8-6-17)35(31,32)28-23-24-11-14-34-23)16-3-1-12-29(15-16)21-10-9-19(26-27-21)20-4-2-13-33-20/h2,4-11,13-14,16H,1,3,12,15H2,(H,24,28)(H,25,30). The van der Waals surface area contributed by atoms with Gasteiger partial charge in [-0.3, -0.25) is 9.52 Å². The summed E-state index contributed by atoms with van der Waals surface area (Å²) < 4.78 is 32.8. The van der Waals surface area contributed by atoms with Crippen LogP contribution in [0.1, 0.15) is 12.8 Å². The number of hydrogen-bond acceptors (Lipinski definition) is 9. The SMILES string of the molecule is O=C(Nc1ccc(S(=O)(=O)Nc2nccs2)cc1)C1CCCN(c2ccc(-c3ccco3)nn2)C1.